The molecule has 1 fully saturated rings. The third-order valence-corrected chi connectivity index (χ3v) is 3.62. The first-order chi connectivity index (χ1) is 5.65. The lowest BCUT2D eigenvalue weighted by Gasteiger charge is -2.20. The highest BCUT2D eigenvalue weighted by Crippen LogP contribution is 2.27. The van der Waals surface area contributed by atoms with Gasteiger partial charge in [-0.2, -0.15) is 0 Å². The number of Topliss-reactive ketones (excluding diaryl/α,β-unsaturated/α-hetero) is 1. The SMILES string of the molecule is CC(CI)=C1CCC(C)CC1=O. The van der Waals surface area contributed by atoms with Gasteiger partial charge in [0.1, 0.15) is 0 Å². The minimum absolute atomic E-state index is 0.392. The summed E-state index contributed by atoms with van der Waals surface area (Å²) in [6.07, 6.45) is 2.97. The van der Waals surface area contributed by atoms with E-state index in [1.165, 1.54) is 12.0 Å². The van der Waals surface area contributed by atoms with Gasteiger partial charge in [0.25, 0.3) is 0 Å². The van der Waals surface area contributed by atoms with E-state index in [1.807, 2.05) is 0 Å². The van der Waals surface area contributed by atoms with Crippen LogP contribution >= 0.6 is 22.6 Å². The van der Waals surface area contributed by atoms with Gasteiger partial charge in [-0.15, -0.1) is 0 Å². The predicted octanol–water partition coefficient (Wildman–Crippen LogP) is 3.13. The van der Waals surface area contributed by atoms with E-state index >= 15 is 0 Å². The minimum Gasteiger partial charge on any atom is -0.295 e. The molecule has 0 aliphatic heterocycles. The Morgan fingerprint density at radius 2 is 2.33 bits per heavy atom. The molecule has 12 heavy (non-hydrogen) atoms. The molecule has 0 aromatic heterocycles. The highest BCUT2D eigenvalue weighted by Gasteiger charge is 2.21. The van der Waals surface area contributed by atoms with Gasteiger partial charge in [0.2, 0.25) is 0 Å². The Morgan fingerprint density at radius 3 is 2.83 bits per heavy atom. The normalized spacial score (nSPS) is 28.9. The summed E-state index contributed by atoms with van der Waals surface area (Å²) in [5, 5.41) is 0. The monoisotopic (exact) mass is 278 g/mol. The van der Waals surface area contributed by atoms with E-state index in [1.54, 1.807) is 0 Å². The fourth-order valence-corrected chi connectivity index (χ4v) is 2.06. The van der Waals surface area contributed by atoms with E-state index in [-0.39, 0.29) is 0 Å². The lowest BCUT2D eigenvalue weighted by atomic mass is 9.84. The van der Waals surface area contributed by atoms with Crippen molar-refractivity contribution in [1.29, 1.82) is 0 Å². The molecule has 1 atom stereocenters. The van der Waals surface area contributed by atoms with Crippen molar-refractivity contribution in [2.75, 3.05) is 4.43 Å². The molecule has 0 N–H and O–H groups in total. The molecule has 1 rings (SSSR count). The fraction of sp³-hybridized carbons (Fsp3) is 0.700. The number of allylic oxidation sites excluding steroid dienone is 2. The van der Waals surface area contributed by atoms with Crippen LogP contribution in [-0.4, -0.2) is 10.2 Å². The third-order valence-electron chi connectivity index (χ3n) is 2.47. The summed E-state index contributed by atoms with van der Waals surface area (Å²) in [6, 6.07) is 0. The molecule has 0 aromatic rings. The summed E-state index contributed by atoms with van der Waals surface area (Å²) in [5.41, 5.74) is 2.40. The van der Waals surface area contributed by atoms with Crippen LogP contribution in [0.5, 0.6) is 0 Å². The zero-order valence-electron chi connectivity index (χ0n) is 7.69. The number of hydrogen-bond donors (Lipinski definition) is 0. The zero-order valence-corrected chi connectivity index (χ0v) is 9.85. The van der Waals surface area contributed by atoms with Crippen LogP contribution in [0.3, 0.4) is 0 Å². The summed E-state index contributed by atoms with van der Waals surface area (Å²) < 4.78 is 0.993. The van der Waals surface area contributed by atoms with Gasteiger partial charge in [-0.25, -0.2) is 0 Å². The lowest BCUT2D eigenvalue weighted by Crippen LogP contribution is -2.16. The summed E-state index contributed by atoms with van der Waals surface area (Å²) >= 11 is 2.32. The molecule has 0 radical (unpaired) electrons. The highest BCUT2D eigenvalue weighted by atomic mass is 127. The number of carbonyl (C=O) groups excluding carboxylic acids is 1. The van der Waals surface area contributed by atoms with E-state index in [4.69, 9.17) is 0 Å². The maximum atomic E-state index is 11.5. The second kappa shape index (κ2) is 4.40. The molecule has 1 nitrogen and oxygen atoms in total. The van der Waals surface area contributed by atoms with Crippen molar-refractivity contribution in [2.45, 2.75) is 33.1 Å². The average molecular weight is 278 g/mol. The van der Waals surface area contributed by atoms with Crippen LogP contribution in [0.1, 0.15) is 33.1 Å². The third kappa shape index (κ3) is 2.31. The van der Waals surface area contributed by atoms with Crippen molar-refractivity contribution < 1.29 is 4.79 Å². The fourth-order valence-electron chi connectivity index (χ4n) is 1.60. The summed E-state index contributed by atoms with van der Waals surface area (Å²) in [7, 11) is 0. The maximum absolute atomic E-state index is 11.5. The Morgan fingerprint density at radius 1 is 1.67 bits per heavy atom. The first-order valence-corrected chi connectivity index (χ1v) is 5.95. The number of alkyl halides is 1. The predicted molar refractivity (Wildman–Crippen MR) is 59.6 cm³/mol. The van der Waals surface area contributed by atoms with Crippen LogP contribution in [0.2, 0.25) is 0 Å². The van der Waals surface area contributed by atoms with Gasteiger partial charge >= 0.3 is 0 Å². The van der Waals surface area contributed by atoms with Gasteiger partial charge in [-0.05, 0) is 31.3 Å². The Hall–Kier alpha value is 0.140. The molecule has 1 aliphatic carbocycles. The Labute approximate surface area is 87.8 Å². The first-order valence-electron chi connectivity index (χ1n) is 4.43. The molecular weight excluding hydrogens is 263 g/mol. The van der Waals surface area contributed by atoms with Crippen LogP contribution in [0, 0.1) is 5.92 Å². The van der Waals surface area contributed by atoms with Crippen LogP contribution in [-0.2, 0) is 4.79 Å². The van der Waals surface area contributed by atoms with Gasteiger partial charge < -0.3 is 0 Å². The van der Waals surface area contributed by atoms with E-state index in [0.717, 1.165) is 22.8 Å². The van der Waals surface area contributed by atoms with Crippen LogP contribution in [0.25, 0.3) is 0 Å². The Kier molecular flexibility index (Phi) is 3.75. The van der Waals surface area contributed by atoms with E-state index < -0.39 is 0 Å². The number of carbonyl (C=O) groups is 1. The first kappa shape index (κ1) is 10.2. The lowest BCUT2D eigenvalue weighted by molar-refractivity contribution is -0.117. The zero-order chi connectivity index (χ0) is 9.14. The summed E-state index contributed by atoms with van der Waals surface area (Å²) in [5.74, 6) is 0.992. The van der Waals surface area contributed by atoms with E-state index in [2.05, 4.69) is 36.4 Å². The van der Waals surface area contributed by atoms with Gasteiger partial charge in [-0.1, -0.05) is 35.1 Å². The molecule has 0 bridgehead atoms. The number of ketones is 1. The average Bonchev–Trinajstić information content (AvgIpc) is 2.03. The molecule has 1 aliphatic rings. The van der Waals surface area contributed by atoms with Crippen LogP contribution in [0.15, 0.2) is 11.1 Å². The quantitative estimate of drug-likeness (QED) is 0.409. The van der Waals surface area contributed by atoms with E-state index in [9.17, 15) is 4.79 Å². The second-order valence-electron chi connectivity index (χ2n) is 3.66. The van der Waals surface area contributed by atoms with Crippen molar-refractivity contribution in [3.8, 4) is 0 Å². The molecule has 0 amide bonds. The summed E-state index contributed by atoms with van der Waals surface area (Å²) in [6.45, 7) is 4.24. The van der Waals surface area contributed by atoms with Gasteiger partial charge in [0.15, 0.2) is 5.78 Å². The molecule has 0 heterocycles. The molecular formula is C10H15IO. The molecule has 1 unspecified atom stereocenters. The summed E-state index contributed by atoms with van der Waals surface area (Å²) in [4.78, 5) is 11.5. The van der Waals surface area contributed by atoms with Crippen molar-refractivity contribution in [3.63, 3.8) is 0 Å². The van der Waals surface area contributed by atoms with Crippen molar-refractivity contribution in [3.05, 3.63) is 11.1 Å². The van der Waals surface area contributed by atoms with Gasteiger partial charge in [0, 0.05) is 10.8 Å². The van der Waals surface area contributed by atoms with Crippen molar-refractivity contribution in [1.82, 2.24) is 0 Å². The largest absolute Gasteiger partial charge is 0.295 e. The topological polar surface area (TPSA) is 17.1 Å². The maximum Gasteiger partial charge on any atom is 0.159 e. The standard InChI is InChI=1S/C10H15IO/c1-7-3-4-9(8(2)6-11)10(12)5-7/h7H,3-6H2,1-2H3. The second-order valence-corrected chi connectivity index (χ2v) is 4.43. The molecule has 0 spiro atoms. The van der Waals surface area contributed by atoms with E-state index in [0.29, 0.717) is 11.7 Å². The Bertz CT molecular complexity index is 218. The van der Waals surface area contributed by atoms with Gasteiger partial charge in [0.05, 0.1) is 0 Å². The number of hydrogen-bond acceptors (Lipinski definition) is 1. The van der Waals surface area contributed by atoms with Gasteiger partial charge in [-0.3, -0.25) is 4.79 Å². The molecule has 2 heteroatoms. The molecule has 0 aromatic carbocycles. The van der Waals surface area contributed by atoms with Crippen LogP contribution in [0.4, 0.5) is 0 Å². The molecule has 0 saturated heterocycles. The molecule has 1 saturated carbocycles. The van der Waals surface area contributed by atoms with Crippen molar-refractivity contribution in [2.24, 2.45) is 5.92 Å². The van der Waals surface area contributed by atoms with Crippen molar-refractivity contribution >= 4 is 28.4 Å². The smallest absolute Gasteiger partial charge is 0.159 e. The molecule has 68 valence electrons. The Balaban J connectivity index is 2.75. The number of rotatable bonds is 1. The number of halogens is 1. The van der Waals surface area contributed by atoms with Crippen LogP contribution < -0.4 is 0 Å². The highest BCUT2D eigenvalue weighted by molar-refractivity contribution is 14.1. The minimum atomic E-state index is 0.392.